The van der Waals surface area contributed by atoms with Crippen molar-refractivity contribution in [3.05, 3.63) is 51.9 Å². The Morgan fingerprint density at radius 3 is 2.58 bits per heavy atom. The fourth-order valence-corrected chi connectivity index (χ4v) is 1.73. The van der Waals surface area contributed by atoms with Crippen LogP contribution in [0.1, 0.15) is 37.4 Å². The Bertz CT molecular complexity index is 635. The number of aromatic amines is 1. The lowest BCUT2D eigenvalue weighted by atomic mass is 10.1. The number of H-pyrrole nitrogens is 1. The summed E-state index contributed by atoms with van der Waals surface area (Å²) in [5.74, 6) is 0.415. The molecule has 0 aliphatic rings. The van der Waals surface area contributed by atoms with Gasteiger partial charge in [-0.2, -0.15) is 0 Å². The highest BCUT2D eigenvalue weighted by Gasteiger charge is 2.11. The topological polar surface area (TPSA) is 45.8 Å². The van der Waals surface area contributed by atoms with Crippen molar-refractivity contribution in [2.24, 2.45) is 0 Å². The van der Waals surface area contributed by atoms with Crippen LogP contribution >= 0.6 is 0 Å². The molecule has 0 atom stereocenters. The van der Waals surface area contributed by atoms with Crippen LogP contribution in [0.15, 0.2) is 35.1 Å². The molecular formula is C14H14F2N2O. The molecule has 2 aromatic rings. The summed E-state index contributed by atoms with van der Waals surface area (Å²) in [7, 11) is 0. The maximum absolute atomic E-state index is 12.7. The summed E-state index contributed by atoms with van der Waals surface area (Å²) in [6.45, 7) is 3.84. The van der Waals surface area contributed by atoms with Gasteiger partial charge >= 0.3 is 0 Å². The second-order valence-corrected chi connectivity index (χ2v) is 4.60. The lowest BCUT2D eigenvalue weighted by molar-refractivity contribution is 0.151. The Morgan fingerprint density at radius 1 is 1.21 bits per heavy atom. The molecule has 0 spiro atoms. The molecule has 0 saturated carbocycles. The van der Waals surface area contributed by atoms with E-state index in [1.807, 2.05) is 13.8 Å². The van der Waals surface area contributed by atoms with Crippen LogP contribution in [-0.4, -0.2) is 9.97 Å². The molecule has 5 heteroatoms. The summed E-state index contributed by atoms with van der Waals surface area (Å²) in [5, 5.41) is 0. The molecule has 1 heterocycles. The lowest BCUT2D eigenvalue weighted by Gasteiger charge is -2.08. The molecule has 1 aromatic heterocycles. The van der Waals surface area contributed by atoms with Gasteiger partial charge in [0.05, 0.1) is 5.69 Å². The molecule has 2 rings (SSSR count). The quantitative estimate of drug-likeness (QED) is 0.922. The number of nitrogens with one attached hydrogen (secondary N) is 1. The third kappa shape index (κ3) is 3.05. The third-order valence-electron chi connectivity index (χ3n) is 2.77. The number of halogens is 2. The number of hydrogen-bond donors (Lipinski definition) is 1. The van der Waals surface area contributed by atoms with Crippen molar-refractivity contribution in [3.63, 3.8) is 0 Å². The molecule has 19 heavy (non-hydrogen) atoms. The molecule has 1 N–H and O–H groups in total. The molecular weight excluding hydrogens is 250 g/mol. The van der Waals surface area contributed by atoms with Crippen LogP contribution in [0.4, 0.5) is 8.78 Å². The maximum atomic E-state index is 12.7. The predicted octanol–water partition coefficient (Wildman–Crippen LogP) is 3.50. The van der Waals surface area contributed by atoms with E-state index in [0.717, 1.165) is 0 Å². The van der Waals surface area contributed by atoms with E-state index in [-0.39, 0.29) is 17.0 Å². The Kier molecular flexibility index (Phi) is 3.74. The second kappa shape index (κ2) is 5.30. The zero-order chi connectivity index (χ0) is 14.0. The highest BCUT2D eigenvalue weighted by molar-refractivity contribution is 5.56. The first kappa shape index (κ1) is 13.4. The van der Waals surface area contributed by atoms with Gasteiger partial charge in [-0.05, 0) is 12.0 Å². The summed E-state index contributed by atoms with van der Waals surface area (Å²) < 4.78 is 25.3. The summed E-state index contributed by atoms with van der Waals surface area (Å²) in [6.07, 6.45) is -2.54. The number of nitrogens with zero attached hydrogens (tertiary/aromatic N) is 1. The number of hydrogen-bond acceptors (Lipinski definition) is 2. The number of rotatable bonds is 3. The normalized spacial score (nSPS) is 11.3. The zero-order valence-electron chi connectivity index (χ0n) is 10.7. The predicted molar refractivity (Wildman–Crippen MR) is 69.3 cm³/mol. The molecule has 0 radical (unpaired) electrons. The van der Waals surface area contributed by atoms with Gasteiger partial charge in [0.15, 0.2) is 0 Å². The minimum absolute atomic E-state index is 0.0879. The van der Waals surface area contributed by atoms with E-state index in [2.05, 4.69) is 9.97 Å². The van der Waals surface area contributed by atoms with Crippen molar-refractivity contribution in [1.82, 2.24) is 9.97 Å². The van der Waals surface area contributed by atoms with E-state index in [1.54, 1.807) is 6.07 Å². The van der Waals surface area contributed by atoms with Crippen LogP contribution < -0.4 is 5.56 Å². The summed E-state index contributed by atoms with van der Waals surface area (Å²) in [5.41, 5.74) is 0.754. The van der Waals surface area contributed by atoms with Crippen molar-refractivity contribution in [2.75, 3.05) is 0 Å². The smallest absolute Gasteiger partial charge is 0.263 e. The van der Waals surface area contributed by atoms with E-state index in [0.29, 0.717) is 17.1 Å². The van der Waals surface area contributed by atoms with Gasteiger partial charge in [0, 0.05) is 17.2 Å². The Morgan fingerprint density at radius 2 is 1.95 bits per heavy atom. The number of aromatic nitrogens is 2. The van der Waals surface area contributed by atoms with Gasteiger partial charge in [0.2, 0.25) is 0 Å². The second-order valence-electron chi connectivity index (χ2n) is 4.60. The molecule has 0 bridgehead atoms. The summed E-state index contributed by atoms with van der Waals surface area (Å²) >= 11 is 0. The number of benzene rings is 1. The molecule has 0 aliphatic carbocycles. The monoisotopic (exact) mass is 264 g/mol. The van der Waals surface area contributed by atoms with Crippen LogP contribution in [0, 0.1) is 0 Å². The molecule has 3 nitrogen and oxygen atoms in total. The average molecular weight is 264 g/mol. The van der Waals surface area contributed by atoms with E-state index >= 15 is 0 Å². The van der Waals surface area contributed by atoms with Crippen LogP contribution in [0.5, 0.6) is 0 Å². The Hall–Kier alpha value is -2.04. The molecule has 1 aromatic carbocycles. The highest BCUT2D eigenvalue weighted by Crippen LogP contribution is 2.23. The van der Waals surface area contributed by atoms with Crippen molar-refractivity contribution >= 4 is 0 Å². The first-order valence-electron chi connectivity index (χ1n) is 5.97. The van der Waals surface area contributed by atoms with Gasteiger partial charge < -0.3 is 4.98 Å². The fourth-order valence-electron chi connectivity index (χ4n) is 1.73. The summed E-state index contributed by atoms with van der Waals surface area (Å²) in [4.78, 5) is 18.4. The standard InChI is InChI=1S/C14H14F2N2O/c1-8(2)11-7-12(19)18-14(17-11)10-5-3-4-9(6-10)13(15)16/h3-8,13H,1-2H3,(H,17,18,19). The minimum atomic E-state index is -2.54. The van der Waals surface area contributed by atoms with Crippen molar-refractivity contribution < 1.29 is 8.78 Å². The summed E-state index contributed by atoms with van der Waals surface area (Å²) in [6, 6.07) is 7.28. The first-order valence-corrected chi connectivity index (χ1v) is 5.97. The van der Waals surface area contributed by atoms with Crippen molar-refractivity contribution in [3.8, 4) is 11.4 Å². The van der Waals surface area contributed by atoms with E-state index in [9.17, 15) is 13.6 Å². The van der Waals surface area contributed by atoms with Crippen LogP contribution in [-0.2, 0) is 0 Å². The average Bonchev–Trinajstić information content (AvgIpc) is 2.38. The van der Waals surface area contributed by atoms with Crippen LogP contribution in [0.2, 0.25) is 0 Å². The van der Waals surface area contributed by atoms with E-state index < -0.39 is 6.43 Å². The van der Waals surface area contributed by atoms with Gasteiger partial charge in [-0.25, -0.2) is 13.8 Å². The van der Waals surface area contributed by atoms with Crippen molar-refractivity contribution in [2.45, 2.75) is 26.2 Å². The zero-order valence-corrected chi connectivity index (χ0v) is 10.7. The lowest BCUT2D eigenvalue weighted by Crippen LogP contribution is -2.11. The van der Waals surface area contributed by atoms with Gasteiger partial charge in [0.1, 0.15) is 5.82 Å². The third-order valence-corrected chi connectivity index (χ3v) is 2.77. The Labute approximate surface area is 109 Å². The minimum Gasteiger partial charge on any atom is -0.307 e. The van der Waals surface area contributed by atoms with Gasteiger partial charge in [-0.1, -0.05) is 32.0 Å². The fraction of sp³-hybridized carbons (Fsp3) is 0.286. The SMILES string of the molecule is CC(C)c1cc(=O)[nH]c(-c2cccc(C(F)F)c2)n1. The van der Waals surface area contributed by atoms with E-state index in [1.165, 1.54) is 24.3 Å². The van der Waals surface area contributed by atoms with Gasteiger partial charge in [-0.3, -0.25) is 4.79 Å². The first-order chi connectivity index (χ1) is 8.97. The van der Waals surface area contributed by atoms with Crippen LogP contribution in [0.3, 0.4) is 0 Å². The largest absolute Gasteiger partial charge is 0.307 e. The van der Waals surface area contributed by atoms with Crippen LogP contribution in [0.25, 0.3) is 11.4 Å². The van der Waals surface area contributed by atoms with Gasteiger partial charge in [0.25, 0.3) is 12.0 Å². The maximum Gasteiger partial charge on any atom is 0.263 e. The Balaban J connectivity index is 2.52. The molecule has 0 fully saturated rings. The van der Waals surface area contributed by atoms with E-state index in [4.69, 9.17) is 0 Å². The highest BCUT2D eigenvalue weighted by atomic mass is 19.3. The number of alkyl halides is 2. The molecule has 0 saturated heterocycles. The molecule has 0 aliphatic heterocycles. The van der Waals surface area contributed by atoms with Crippen molar-refractivity contribution in [1.29, 1.82) is 0 Å². The molecule has 100 valence electrons. The molecule has 0 amide bonds. The molecule has 0 unspecified atom stereocenters. The van der Waals surface area contributed by atoms with Gasteiger partial charge in [-0.15, -0.1) is 0 Å².